The predicted octanol–water partition coefficient (Wildman–Crippen LogP) is 5.16. The van der Waals surface area contributed by atoms with Crippen molar-refractivity contribution in [3.8, 4) is 0 Å². The predicted molar refractivity (Wildman–Crippen MR) is 91.7 cm³/mol. The molecule has 110 valence electrons. The van der Waals surface area contributed by atoms with Gasteiger partial charge in [-0.25, -0.2) is 0 Å². The van der Waals surface area contributed by atoms with E-state index in [1.165, 1.54) is 5.56 Å². The number of rotatable bonds is 5. The molecule has 21 heavy (non-hydrogen) atoms. The molecule has 0 fully saturated rings. The quantitative estimate of drug-likeness (QED) is 0.543. The summed E-state index contributed by atoms with van der Waals surface area (Å²) in [5.74, 6) is 0. The van der Waals surface area contributed by atoms with Crippen molar-refractivity contribution in [2.75, 3.05) is 5.32 Å². The summed E-state index contributed by atoms with van der Waals surface area (Å²) in [4.78, 5) is 10.5. The average molecular weight is 414 g/mol. The van der Waals surface area contributed by atoms with Gasteiger partial charge < -0.3 is 5.32 Å². The molecule has 0 aliphatic heterocycles. The molecule has 0 aliphatic carbocycles. The lowest BCUT2D eigenvalue weighted by Gasteiger charge is -2.15. The Bertz CT molecular complexity index is 645. The van der Waals surface area contributed by atoms with E-state index in [0.29, 0.717) is 4.47 Å². The molecule has 0 spiro atoms. The first-order chi connectivity index (χ1) is 9.95. The van der Waals surface area contributed by atoms with Gasteiger partial charge in [0, 0.05) is 22.3 Å². The third-order valence-electron chi connectivity index (χ3n) is 3.01. The zero-order chi connectivity index (χ0) is 15.4. The molecule has 1 N–H and O–H groups in total. The minimum Gasteiger partial charge on any atom is -0.382 e. The van der Waals surface area contributed by atoms with E-state index < -0.39 is 4.92 Å². The number of hydrogen-bond acceptors (Lipinski definition) is 3. The van der Waals surface area contributed by atoms with Crippen LogP contribution >= 0.6 is 31.9 Å². The summed E-state index contributed by atoms with van der Waals surface area (Å²) in [5.41, 5.74) is 2.02. The molecular weight excluding hydrogens is 400 g/mol. The van der Waals surface area contributed by atoms with E-state index in [1.807, 2.05) is 18.2 Å². The highest BCUT2D eigenvalue weighted by Gasteiger charge is 2.13. The summed E-state index contributed by atoms with van der Waals surface area (Å²) >= 11 is 6.59. The Morgan fingerprint density at radius 3 is 2.48 bits per heavy atom. The van der Waals surface area contributed by atoms with Crippen molar-refractivity contribution in [2.45, 2.75) is 19.4 Å². The summed E-state index contributed by atoms with van der Waals surface area (Å²) in [6, 6.07) is 13.4. The summed E-state index contributed by atoms with van der Waals surface area (Å²) in [5, 5.41) is 14.2. The van der Waals surface area contributed by atoms with Gasteiger partial charge >= 0.3 is 0 Å². The van der Waals surface area contributed by atoms with Gasteiger partial charge in [-0.05, 0) is 59.1 Å². The van der Waals surface area contributed by atoms with E-state index in [9.17, 15) is 10.1 Å². The fraction of sp³-hybridized carbons (Fsp3) is 0.200. The first-order valence-electron chi connectivity index (χ1n) is 6.40. The molecule has 2 rings (SSSR count). The van der Waals surface area contributed by atoms with Crippen LogP contribution in [0.25, 0.3) is 0 Å². The molecule has 1 atom stereocenters. The largest absolute Gasteiger partial charge is 0.382 e. The topological polar surface area (TPSA) is 55.2 Å². The van der Waals surface area contributed by atoms with E-state index in [2.05, 4.69) is 56.2 Å². The third-order valence-corrected chi connectivity index (χ3v) is 4.21. The number of anilines is 1. The van der Waals surface area contributed by atoms with Crippen molar-refractivity contribution < 1.29 is 4.92 Å². The SMILES string of the molecule is CC(Cc1ccc(Br)cc1)Nc1ccc(Br)c([N+](=O)[O-])c1. The standard InChI is InChI=1S/C15H14Br2N2O2/c1-10(8-11-2-4-12(16)5-3-11)18-13-6-7-14(17)15(9-13)19(20)21/h2-7,9-10,18H,8H2,1H3. The molecule has 0 radical (unpaired) electrons. The van der Waals surface area contributed by atoms with Crippen LogP contribution in [-0.4, -0.2) is 11.0 Å². The van der Waals surface area contributed by atoms with Crippen molar-refractivity contribution in [1.29, 1.82) is 0 Å². The van der Waals surface area contributed by atoms with Crippen LogP contribution in [-0.2, 0) is 6.42 Å². The van der Waals surface area contributed by atoms with Gasteiger partial charge in [0.15, 0.2) is 0 Å². The second kappa shape index (κ2) is 7.04. The number of nitrogens with one attached hydrogen (secondary N) is 1. The third kappa shape index (κ3) is 4.54. The lowest BCUT2D eigenvalue weighted by atomic mass is 10.1. The van der Waals surface area contributed by atoms with Gasteiger partial charge in [0.05, 0.1) is 9.40 Å². The minimum absolute atomic E-state index is 0.0656. The first-order valence-corrected chi connectivity index (χ1v) is 7.99. The zero-order valence-corrected chi connectivity index (χ0v) is 14.5. The first kappa shape index (κ1) is 16.0. The van der Waals surface area contributed by atoms with E-state index in [0.717, 1.165) is 16.6 Å². The molecule has 0 saturated carbocycles. The van der Waals surface area contributed by atoms with Crippen LogP contribution in [0.5, 0.6) is 0 Å². The lowest BCUT2D eigenvalue weighted by molar-refractivity contribution is -0.385. The van der Waals surface area contributed by atoms with Crippen molar-refractivity contribution >= 4 is 43.2 Å². The summed E-state index contributed by atoms with van der Waals surface area (Å²) in [7, 11) is 0. The Morgan fingerprint density at radius 2 is 1.86 bits per heavy atom. The molecule has 0 aromatic heterocycles. The number of halogens is 2. The molecule has 0 aliphatic rings. The van der Waals surface area contributed by atoms with Crippen LogP contribution in [0, 0.1) is 10.1 Å². The number of nitrogens with zero attached hydrogens (tertiary/aromatic N) is 1. The molecule has 1 unspecified atom stereocenters. The van der Waals surface area contributed by atoms with Crippen LogP contribution in [0.4, 0.5) is 11.4 Å². The highest BCUT2D eigenvalue weighted by Crippen LogP contribution is 2.28. The van der Waals surface area contributed by atoms with Crippen LogP contribution in [0.3, 0.4) is 0 Å². The summed E-state index contributed by atoms with van der Waals surface area (Å²) in [6.45, 7) is 2.05. The molecule has 0 heterocycles. The van der Waals surface area contributed by atoms with Gasteiger partial charge in [-0.1, -0.05) is 28.1 Å². The van der Waals surface area contributed by atoms with E-state index in [-0.39, 0.29) is 11.7 Å². The van der Waals surface area contributed by atoms with Gasteiger partial charge in [-0.3, -0.25) is 10.1 Å². The van der Waals surface area contributed by atoms with E-state index in [4.69, 9.17) is 0 Å². The molecule has 0 amide bonds. The molecule has 4 nitrogen and oxygen atoms in total. The Labute approximate surface area is 140 Å². The molecular formula is C15H14Br2N2O2. The number of nitro groups is 1. The maximum Gasteiger partial charge on any atom is 0.285 e. The molecule has 0 bridgehead atoms. The second-order valence-corrected chi connectivity index (χ2v) is 6.57. The van der Waals surface area contributed by atoms with Crippen molar-refractivity contribution in [3.05, 3.63) is 67.1 Å². The van der Waals surface area contributed by atoms with Gasteiger partial charge in [-0.15, -0.1) is 0 Å². The van der Waals surface area contributed by atoms with Crippen LogP contribution in [0.2, 0.25) is 0 Å². The Morgan fingerprint density at radius 1 is 1.19 bits per heavy atom. The maximum atomic E-state index is 10.9. The average Bonchev–Trinajstić information content (AvgIpc) is 2.43. The van der Waals surface area contributed by atoms with Crippen LogP contribution in [0.15, 0.2) is 51.4 Å². The van der Waals surface area contributed by atoms with Gasteiger partial charge in [0.25, 0.3) is 5.69 Å². The Hall–Kier alpha value is -1.40. The normalized spacial score (nSPS) is 12.0. The molecule has 2 aromatic rings. The van der Waals surface area contributed by atoms with Gasteiger partial charge in [-0.2, -0.15) is 0 Å². The van der Waals surface area contributed by atoms with Crippen LogP contribution < -0.4 is 5.32 Å². The maximum absolute atomic E-state index is 10.9. The summed E-state index contributed by atoms with van der Waals surface area (Å²) < 4.78 is 1.54. The monoisotopic (exact) mass is 412 g/mol. The van der Waals surface area contributed by atoms with Crippen LogP contribution in [0.1, 0.15) is 12.5 Å². The zero-order valence-electron chi connectivity index (χ0n) is 11.3. The fourth-order valence-electron chi connectivity index (χ4n) is 2.05. The second-order valence-electron chi connectivity index (χ2n) is 4.80. The Balaban J connectivity index is 2.05. The highest BCUT2D eigenvalue weighted by molar-refractivity contribution is 9.10. The number of nitro benzene ring substituents is 1. The lowest BCUT2D eigenvalue weighted by Crippen LogP contribution is -2.18. The number of benzene rings is 2. The molecule has 6 heteroatoms. The highest BCUT2D eigenvalue weighted by atomic mass is 79.9. The van der Waals surface area contributed by atoms with Gasteiger partial charge in [0.1, 0.15) is 0 Å². The fourth-order valence-corrected chi connectivity index (χ4v) is 2.71. The van der Waals surface area contributed by atoms with Gasteiger partial charge in [0.2, 0.25) is 0 Å². The smallest absolute Gasteiger partial charge is 0.285 e. The molecule has 0 saturated heterocycles. The summed E-state index contributed by atoms with van der Waals surface area (Å²) in [6.07, 6.45) is 0.844. The number of hydrogen-bond donors (Lipinski definition) is 1. The molecule has 2 aromatic carbocycles. The van der Waals surface area contributed by atoms with E-state index in [1.54, 1.807) is 12.1 Å². The van der Waals surface area contributed by atoms with Crippen molar-refractivity contribution in [1.82, 2.24) is 0 Å². The minimum atomic E-state index is -0.394. The van der Waals surface area contributed by atoms with Crippen molar-refractivity contribution in [2.24, 2.45) is 0 Å². The van der Waals surface area contributed by atoms with Crippen molar-refractivity contribution in [3.63, 3.8) is 0 Å². The van der Waals surface area contributed by atoms with E-state index >= 15 is 0 Å². The Kier molecular flexibility index (Phi) is 5.36.